The summed E-state index contributed by atoms with van der Waals surface area (Å²) >= 11 is 0. The lowest BCUT2D eigenvalue weighted by Gasteiger charge is -2.19. The van der Waals surface area contributed by atoms with Gasteiger partial charge in [0, 0.05) is 18.8 Å². The fourth-order valence-corrected chi connectivity index (χ4v) is 3.10. The molecule has 0 aliphatic rings. The zero-order valence-corrected chi connectivity index (χ0v) is 18.0. The fourth-order valence-electron chi connectivity index (χ4n) is 3.10. The van der Waals surface area contributed by atoms with E-state index in [0.29, 0.717) is 23.2 Å². The molecule has 0 saturated heterocycles. The van der Waals surface area contributed by atoms with Crippen LogP contribution in [0.2, 0.25) is 0 Å². The molecule has 8 heteroatoms. The minimum atomic E-state index is -0.937. The number of methoxy groups -OCH3 is 1. The summed E-state index contributed by atoms with van der Waals surface area (Å²) in [4.78, 5) is 28.0. The zero-order chi connectivity index (χ0) is 22.5. The molecule has 7 nitrogen and oxygen atoms in total. The van der Waals surface area contributed by atoms with Crippen LogP contribution in [0.25, 0.3) is 0 Å². The number of hydrogen-bond donors (Lipinski definition) is 3. The highest BCUT2D eigenvalue weighted by atomic mass is 19.1. The highest BCUT2D eigenvalue weighted by Crippen LogP contribution is 2.24. The number of carbonyl (C=O) groups excluding carboxylic acids is 2. The SMILES string of the molecule is CCc1c(C(=O)OC(C)(C)C)[nH]c(CNC[C@H](O)c2cccc(F)c2)c1C(=O)OC. The fraction of sp³-hybridized carbons (Fsp3) is 0.455. The van der Waals surface area contributed by atoms with Gasteiger partial charge in [0.1, 0.15) is 17.1 Å². The average Bonchev–Trinajstić information content (AvgIpc) is 3.04. The summed E-state index contributed by atoms with van der Waals surface area (Å²) < 4.78 is 23.7. The number of aromatic nitrogens is 1. The highest BCUT2D eigenvalue weighted by molar-refractivity contribution is 5.98. The molecule has 30 heavy (non-hydrogen) atoms. The van der Waals surface area contributed by atoms with Gasteiger partial charge in [-0.05, 0) is 50.5 Å². The van der Waals surface area contributed by atoms with Gasteiger partial charge in [-0.25, -0.2) is 14.0 Å². The van der Waals surface area contributed by atoms with E-state index in [0.717, 1.165) is 0 Å². The van der Waals surface area contributed by atoms with Gasteiger partial charge in [0.2, 0.25) is 0 Å². The van der Waals surface area contributed by atoms with Crippen molar-refractivity contribution in [3.05, 3.63) is 58.2 Å². The molecule has 0 saturated carbocycles. The van der Waals surface area contributed by atoms with Gasteiger partial charge in [0.15, 0.2) is 0 Å². The quantitative estimate of drug-likeness (QED) is 0.567. The minimum absolute atomic E-state index is 0.117. The Morgan fingerprint density at radius 1 is 1.27 bits per heavy atom. The van der Waals surface area contributed by atoms with Gasteiger partial charge >= 0.3 is 11.9 Å². The number of aliphatic hydroxyl groups is 1. The van der Waals surface area contributed by atoms with Gasteiger partial charge in [-0.15, -0.1) is 0 Å². The Hall–Kier alpha value is -2.71. The van der Waals surface area contributed by atoms with Crippen molar-refractivity contribution >= 4 is 11.9 Å². The summed E-state index contributed by atoms with van der Waals surface area (Å²) in [5, 5.41) is 13.3. The maximum Gasteiger partial charge on any atom is 0.355 e. The standard InChI is InChI=1S/C22H29FN2O5/c1-6-15-18(20(27)29-5)16(25-19(15)21(28)30-22(2,3)4)11-24-12-17(26)13-8-7-9-14(23)10-13/h7-10,17,24-26H,6,11-12H2,1-5H3/t17-/m0/s1. The lowest BCUT2D eigenvalue weighted by Crippen LogP contribution is -2.25. The molecule has 0 unspecified atom stereocenters. The second-order valence-electron chi connectivity index (χ2n) is 7.88. The number of aliphatic hydroxyl groups excluding tert-OH is 1. The Morgan fingerprint density at radius 2 is 1.97 bits per heavy atom. The molecular weight excluding hydrogens is 391 g/mol. The van der Waals surface area contributed by atoms with E-state index >= 15 is 0 Å². The third-order valence-electron chi connectivity index (χ3n) is 4.40. The minimum Gasteiger partial charge on any atom is -0.465 e. The van der Waals surface area contributed by atoms with Crippen LogP contribution in [0.4, 0.5) is 4.39 Å². The number of esters is 2. The molecule has 0 aliphatic carbocycles. The van der Waals surface area contributed by atoms with Gasteiger partial charge in [0.05, 0.1) is 18.8 Å². The van der Waals surface area contributed by atoms with Crippen LogP contribution in [-0.4, -0.2) is 41.3 Å². The van der Waals surface area contributed by atoms with Crippen molar-refractivity contribution in [3.8, 4) is 0 Å². The number of rotatable bonds is 8. The summed E-state index contributed by atoms with van der Waals surface area (Å²) in [6.07, 6.45) is -0.519. The van der Waals surface area contributed by atoms with Gasteiger partial charge < -0.3 is 24.9 Å². The summed E-state index contributed by atoms with van der Waals surface area (Å²) in [6.45, 7) is 7.39. The van der Waals surface area contributed by atoms with Crippen molar-refractivity contribution in [2.24, 2.45) is 0 Å². The molecule has 164 valence electrons. The normalized spacial score (nSPS) is 12.5. The first-order valence-corrected chi connectivity index (χ1v) is 9.77. The lowest BCUT2D eigenvalue weighted by atomic mass is 10.1. The van der Waals surface area contributed by atoms with Crippen LogP contribution in [-0.2, 0) is 22.4 Å². The molecule has 1 heterocycles. The molecular formula is C22H29FN2O5. The Kier molecular flexibility index (Phi) is 7.75. The Labute approximate surface area is 175 Å². The van der Waals surface area contributed by atoms with E-state index < -0.39 is 29.5 Å². The molecule has 3 N–H and O–H groups in total. The van der Waals surface area contributed by atoms with E-state index in [2.05, 4.69) is 10.3 Å². The number of carbonyl (C=O) groups is 2. The third kappa shape index (κ3) is 5.90. The number of aromatic amines is 1. The van der Waals surface area contributed by atoms with Crippen molar-refractivity contribution in [2.75, 3.05) is 13.7 Å². The van der Waals surface area contributed by atoms with Crippen LogP contribution in [0.15, 0.2) is 24.3 Å². The Bertz CT molecular complexity index is 901. The van der Waals surface area contributed by atoms with Crippen molar-refractivity contribution in [2.45, 2.75) is 52.4 Å². The van der Waals surface area contributed by atoms with E-state index in [1.807, 2.05) is 6.92 Å². The van der Waals surface area contributed by atoms with Crippen molar-refractivity contribution in [1.29, 1.82) is 0 Å². The summed E-state index contributed by atoms with van der Waals surface area (Å²) in [5.74, 6) is -1.56. The molecule has 1 aromatic heterocycles. The topological polar surface area (TPSA) is 101 Å². The monoisotopic (exact) mass is 420 g/mol. The largest absolute Gasteiger partial charge is 0.465 e. The van der Waals surface area contributed by atoms with E-state index in [-0.39, 0.29) is 24.3 Å². The molecule has 0 amide bonds. The molecule has 0 spiro atoms. The van der Waals surface area contributed by atoms with Crippen LogP contribution in [0.5, 0.6) is 0 Å². The first kappa shape index (κ1) is 23.6. The van der Waals surface area contributed by atoms with Crippen LogP contribution < -0.4 is 5.32 Å². The predicted molar refractivity (Wildman–Crippen MR) is 110 cm³/mol. The second kappa shape index (κ2) is 9.86. The molecule has 0 fully saturated rings. The Morgan fingerprint density at radius 3 is 2.53 bits per heavy atom. The molecule has 0 aliphatic heterocycles. The maximum atomic E-state index is 13.3. The van der Waals surface area contributed by atoms with Gasteiger partial charge in [-0.1, -0.05) is 19.1 Å². The average molecular weight is 420 g/mol. The van der Waals surface area contributed by atoms with Crippen LogP contribution in [0.3, 0.4) is 0 Å². The summed E-state index contributed by atoms with van der Waals surface area (Å²) in [6, 6.07) is 5.71. The highest BCUT2D eigenvalue weighted by Gasteiger charge is 2.28. The summed E-state index contributed by atoms with van der Waals surface area (Å²) in [5.41, 5.74) is 1.19. The molecule has 2 aromatic rings. The predicted octanol–water partition coefficient (Wildman–Crippen LogP) is 3.28. The van der Waals surface area contributed by atoms with Crippen LogP contribution in [0.1, 0.15) is 71.5 Å². The smallest absolute Gasteiger partial charge is 0.355 e. The van der Waals surface area contributed by atoms with Crippen LogP contribution >= 0.6 is 0 Å². The van der Waals surface area contributed by atoms with E-state index in [1.54, 1.807) is 26.8 Å². The van der Waals surface area contributed by atoms with Crippen molar-refractivity contribution < 1.29 is 28.6 Å². The van der Waals surface area contributed by atoms with E-state index in [9.17, 15) is 19.1 Å². The second-order valence-corrected chi connectivity index (χ2v) is 7.88. The number of hydrogen-bond acceptors (Lipinski definition) is 6. The van der Waals surface area contributed by atoms with Gasteiger partial charge in [0.25, 0.3) is 0 Å². The molecule has 1 atom stereocenters. The van der Waals surface area contributed by atoms with Crippen molar-refractivity contribution in [3.63, 3.8) is 0 Å². The molecule has 0 bridgehead atoms. The maximum absolute atomic E-state index is 13.3. The number of ether oxygens (including phenoxy) is 2. The molecule has 0 radical (unpaired) electrons. The van der Waals surface area contributed by atoms with Gasteiger partial charge in [-0.2, -0.15) is 0 Å². The first-order chi connectivity index (χ1) is 14.1. The lowest BCUT2D eigenvalue weighted by molar-refractivity contribution is 0.00621. The number of halogens is 1. The number of nitrogens with one attached hydrogen (secondary N) is 2. The first-order valence-electron chi connectivity index (χ1n) is 9.77. The number of H-pyrrole nitrogens is 1. The van der Waals surface area contributed by atoms with E-state index in [1.165, 1.54) is 25.3 Å². The third-order valence-corrected chi connectivity index (χ3v) is 4.40. The molecule has 1 aromatic carbocycles. The molecule has 2 rings (SSSR count). The zero-order valence-electron chi connectivity index (χ0n) is 18.0. The summed E-state index contributed by atoms with van der Waals surface area (Å²) in [7, 11) is 1.27. The Balaban J connectivity index is 2.23. The van der Waals surface area contributed by atoms with Crippen LogP contribution in [0, 0.1) is 5.82 Å². The van der Waals surface area contributed by atoms with Crippen molar-refractivity contribution in [1.82, 2.24) is 10.3 Å². The number of benzene rings is 1. The van der Waals surface area contributed by atoms with E-state index in [4.69, 9.17) is 9.47 Å². The van der Waals surface area contributed by atoms with Gasteiger partial charge in [-0.3, -0.25) is 0 Å².